The molecule has 0 heterocycles. The van der Waals surface area contributed by atoms with Crippen molar-refractivity contribution in [3.05, 3.63) is 29.8 Å². The Bertz CT molecular complexity index is 341. The molecule has 1 rings (SSSR count). The van der Waals surface area contributed by atoms with E-state index in [1.165, 1.54) is 5.56 Å². The molecule has 3 heteroatoms. The average molecular weight is 239 g/mol. The second kappa shape index (κ2) is 6.16. The Hall–Kier alpha value is -0.670. The van der Waals surface area contributed by atoms with E-state index in [-0.39, 0.29) is 5.25 Å². The van der Waals surface area contributed by atoms with Gasteiger partial charge in [0.1, 0.15) is 0 Å². The van der Waals surface area contributed by atoms with E-state index in [1.807, 2.05) is 19.1 Å². The molecule has 0 saturated carbocycles. The van der Waals surface area contributed by atoms with Crippen LogP contribution in [0, 0.1) is 0 Å². The molecule has 16 heavy (non-hydrogen) atoms. The Morgan fingerprint density at radius 2 is 1.81 bits per heavy atom. The van der Waals surface area contributed by atoms with Gasteiger partial charge in [-0.2, -0.15) is 0 Å². The monoisotopic (exact) mass is 239 g/mol. The van der Waals surface area contributed by atoms with Gasteiger partial charge < -0.3 is 5.73 Å². The molecule has 2 nitrogen and oxygen atoms in total. The summed E-state index contributed by atoms with van der Waals surface area (Å²) in [5, 5.41) is 0.0740. The molecule has 0 bridgehead atoms. The summed E-state index contributed by atoms with van der Waals surface area (Å²) in [6.07, 6.45) is 0.856. The number of rotatable bonds is 5. The summed E-state index contributed by atoms with van der Waals surface area (Å²) < 4.78 is 12.1. The fourth-order valence-corrected chi connectivity index (χ4v) is 2.85. The van der Waals surface area contributed by atoms with Crippen LogP contribution in [0.25, 0.3) is 0 Å². The van der Waals surface area contributed by atoms with Gasteiger partial charge in [0.05, 0.1) is 16.0 Å². The standard InChI is InChI=1S/C13H21NOS/c1-4-12(9-14)16(15)13-7-5-11(6-8-13)10(2)3/h5-8,10,12H,4,9,14H2,1-3H3. The van der Waals surface area contributed by atoms with Crippen LogP contribution in [0.15, 0.2) is 29.2 Å². The third kappa shape index (κ3) is 3.16. The van der Waals surface area contributed by atoms with E-state index < -0.39 is 10.8 Å². The van der Waals surface area contributed by atoms with Gasteiger partial charge in [-0.25, -0.2) is 0 Å². The first-order valence-electron chi connectivity index (χ1n) is 5.80. The molecule has 0 amide bonds. The number of nitrogens with two attached hydrogens (primary N) is 1. The van der Waals surface area contributed by atoms with E-state index in [4.69, 9.17) is 5.73 Å². The van der Waals surface area contributed by atoms with Crippen LogP contribution < -0.4 is 5.73 Å². The first-order chi connectivity index (χ1) is 7.60. The van der Waals surface area contributed by atoms with Gasteiger partial charge in [0.15, 0.2) is 0 Å². The summed E-state index contributed by atoms with van der Waals surface area (Å²) in [6.45, 7) is 6.81. The quantitative estimate of drug-likeness (QED) is 0.858. The minimum atomic E-state index is -0.968. The van der Waals surface area contributed by atoms with Crippen LogP contribution in [-0.4, -0.2) is 16.0 Å². The Kier molecular flexibility index (Phi) is 5.16. The second-order valence-electron chi connectivity index (χ2n) is 4.29. The van der Waals surface area contributed by atoms with Crippen molar-refractivity contribution in [2.45, 2.75) is 43.3 Å². The molecule has 0 fully saturated rings. The predicted octanol–water partition coefficient (Wildman–Crippen LogP) is 2.65. The van der Waals surface area contributed by atoms with E-state index in [0.717, 1.165) is 11.3 Å². The SMILES string of the molecule is CCC(CN)S(=O)c1ccc(C(C)C)cc1. The van der Waals surface area contributed by atoms with Crippen molar-refractivity contribution in [3.63, 3.8) is 0 Å². The van der Waals surface area contributed by atoms with Crippen molar-refractivity contribution < 1.29 is 4.21 Å². The lowest BCUT2D eigenvalue weighted by Gasteiger charge is -2.13. The van der Waals surface area contributed by atoms with Gasteiger partial charge in [-0.3, -0.25) is 4.21 Å². The summed E-state index contributed by atoms with van der Waals surface area (Å²) in [7, 11) is -0.968. The molecule has 1 aromatic rings. The van der Waals surface area contributed by atoms with Gasteiger partial charge in [-0.15, -0.1) is 0 Å². The molecule has 2 N–H and O–H groups in total. The summed E-state index contributed by atoms with van der Waals surface area (Å²) in [5.41, 5.74) is 6.89. The molecule has 0 radical (unpaired) electrons. The summed E-state index contributed by atoms with van der Waals surface area (Å²) in [6, 6.07) is 8.04. The van der Waals surface area contributed by atoms with Crippen molar-refractivity contribution in [1.82, 2.24) is 0 Å². The van der Waals surface area contributed by atoms with Crippen molar-refractivity contribution in [1.29, 1.82) is 0 Å². The molecular formula is C13H21NOS. The van der Waals surface area contributed by atoms with Gasteiger partial charge >= 0.3 is 0 Å². The Labute approximate surface area is 101 Å². The Morgan fingerprint density at radius 3 is 2.19 bits per heavy atom. The third-order valence-corrected chi connectivity index (χ3v) is 4.67. The molecule has 0 saturated heterocycles. The third-order valence-electron chi connectivity index (χ3n) is 2.80. The van der Waals surface area contributed by atoms with Gasteiger partial charge in [0.25, 0.3) is 0 Å². The molecule has 0 aromatic heterocycles. The maximum atomic E-state index is 12.1. The first-order valence-corrected chi connectivity index (χ1v) is 7.02. The van der Waals surface area contributed by atoms with Gasteiger partial charge in [0, 0.05) is 11.4 Å². The maximum absolute atomic E-state index is 12.1. The van der Waals surface area contributed by atoms with E-state index in [9.17, 15) is 4.21 Å². The number of hydrogen-bond donors (Lipinski definition) is 1. The van der Waals surface area contributed by atoms with E-state index >= 15 is 0 Å². The second-order valence-corrected chi connectivity index (χ2v) is 6.02. The molecule has 0 aliphatic carbocycles. The lowest BCUT2D eigenvalue weighted by molar-refractivity contribution is 0.664. The summed E-state index contributed by atoms with van der Waals surface area (Å²) in [5.74, 6) is 0.513. The van der Waals surface area contributed by atoms with Crippen molar-refractivity contribution >= 4 is 10.8 Å². The summed E-state index contributed by atoms with van der Waals surface area (Å²) >= 11 is 0. The van der Waals surface area contributed by atoms with E-state index in [1.54, 1.807) is 0 Å². The van der Waals surface area contributed by atoms with Crippen LogP contribution in [0.1, 0.15) is 38.7 Å². The lowest BCUT2D eigenvalue weighted by atomic mass is 10.0. The zero-order chi connectivity index (χ0) is 12.1. The molecule has 0 aliphatic rings. The van der Waals surface area contributed by atoms with E-state index in [2.05, 4.69) is 26.0 Å². The minimum Gasteiger partial charge on any atom is -0.329 e. The van der Waals surface area contributed by atoms with E-state index in [0.29, 0.717) is 12.5 Å². The van der Waals surface area contributed by atoms with Crippen LogP contribution in [0.2, 0.25) is 0 Å². The van der Waals surface area contributed by atoms with Crippen molar-refractivity contribution in [2.24, 2.45) is 5.73 Å². The Morgan fingerprint density at radius 1 is 1.25 bits per heavy atom. The van der Waals surface area contributed by atoms with Crippen molar-refractivity contribution in [3.8, 4) is 0 Å². The highest BCUT2D eigenvalue weighted by Crippen LogP contribution is 2.18. The van der Waals surface area contributed by atoms with Crippen LogP contribution >= 0.6 is 0 Å². The topological polar surface area (TPSA) is 43.1 Å². The normalized spacial score (nSPS) is 15.1. The molecule has 0 spiro atoms. The Balaban J connectivity index is 2.85. The zero-order valence-corrected chi connectivity index (χ0v) is 11.1. The smallest absolute Gasteiger partial charge is 0.0573 e. The number of hydrogen-bond acceptors (Lipinski definition) is 2. The van der Waals surface area contributed by atoms with Crippen molar-refractivity contribution in [2.75, 3.05) is 6.54 Å². The molecule has 90 valence electrons. The molecular weight excluding hydrogens is 218 g/mol. The van der Waals surface area contributed by atoms with Crippen LogP contribution in [-0.2, 0) is 10.8 Å². The fraction of sp³-hybridized carbons (Fsp3) is 0.538. The van der Waals surface area contributed by atoms with Crippen LogP contribution in [0.5, 0.6) is 0 Å². The largest absolute Gasteiger partial charge is 0.329 e. The van der Waals surface area contributed by atoms with Crippen LogP contribution in [0.4, 0.5) is 0 Å². The highest BCUT2D eigenvalue weighted by atomic mass is 32.2. The first kappa shape index (κ1) is 13.4. The predicted molar refractivity (Wildman–Crippen MR) is 70.1 cm³/mol. The lowest BCUT2D eigenvalue weighted by Crippen LogP contribution is -2.24. The molecule has 2 unspecified atom stereocenters. The summed E-state index contributed by atoms with van der Waals surface area (Å²) in [4.78, 5) is 0.890. The molecule has 2 atom stereocenters. The average Bonchev–Trinajstić information content (AvgIpc) is 2.30. The van der Waals surface area contributed by atoms with Gasteiger partial charge in [-0.05, 0) is 30.0 Å². The number of benzene rings is 1. The molecule has 1 aromatic carbocycles. The zero-order valence-electron chi connectivity index (χ0n) is 10.3. The highest BCUT2D eigenvalue weighted by molar-refractivity contribution is 7.85. The van der Waals surface area contributed by atoms with Gasteiger partial charge in [0.2, 0.25) is 0 Å². The maximum Gasteiger partial charge on any atom is 0.0573 e. The highest BCUT2D eigenvalue weighted by Gasteiger charge is 2.14. The van der Waals surface area contributed by atoms with Crippen LogP contribution in [0.3, 0.4) is 0 Å². The minimum absolute atomic E-state index is 0.0740. The van der Waals surface area contributed by atoms with Gasteiger partial charge in [-0.1, -0.05) is 32.9 Å². The molecule has 0 aliphatic heterocycles. The fourth-order valence-electron chi connectivity index (χ4n) is 1.58.